The fourth-order valence-electron chi connectivity index (χ4n) is 3.67. The molecular formula is C12H22O3. The number of ether oxygens (including phenoxy) is 1. The van der Waals surface area contributed by atoms with Crippen LogP contribution >= 0.6 is 0 Å². The molecule has 0 aromatic carbocycles. The molecule has 2 N–H and O–H groups in total. The van der Waals surface area contributed by atoms with Gasteiger partial charge in [-0.15, -0.1) is 0 Å². The molecular weight excluding hydrogens is 192 g/mol. The number of hydrogen-bond acceptors (Lipinski definition) is 3. The van der Waals surface area contributed by atoms with Gasteiger partial charge < -0.3 is 14.9 Å². The molecule has 3 nitrogen and oxygen atoms in total. The molecule has 0 aromatic heterocycles. The smallest absolute Gasteiger partial charge is 0.174 e. The van der Waals surface area contributed by atoms with Gasteiger partial charge in [0.25, 0.3) is 0 Å². The Morgan fingerprint density at radius 3 is 2.27 bits per heavy atom. The maximum Gasteiger partial charge on any atom is 0.174 e. The molecule has 2 fully saturated rings. The van der Waals surface area contributed by atoms with Crippen LogP contribution in [0.3, 0.4) is 0 Å². The molecule has 0 aromatic rings. The second-order valence-electron chi connectivity index (χ2n) is 6.00. The summed E-state index contributed by atoms with van der Waals surface area (Å²) in [5.74, 6) is -0.639. The van der Waals surface area contributed by atoms with E-state index in [4.69, 9.17) is 4.74 Å². The Morgan fingerprint density at radius 1 is 1.33 bits per heavy atom. The van der Waals surface area contributed by atoms with Crippen molar-refractivity contribution in [2.24, 2.45) is 16.7 Å². The average Bonchev–Trinajstić information content (AvgIpc) is 2.34. The largest absolute Gasteiger partial charge is 0.368 e. The van der Waals surface area contributed by atoms with Gasteiger partial charge in [0, 0.05) is 11.8 Å². The third-order valence-electron chi connectivity index (χ3n) is 5.19. The third-order valence-corrected chi connectivity index (χ3v) is 5.19. The maximum atomic E-state index is 10.6. The van der Waals surface area contributed by atoms with Gasteiger partial charge in [0.1, 0.15) is 0 Å². The molecule has 15 heavy (non-hydrogen) atoms. The zero-order chi connectivity index (χ0) is 11.5. The van der Waals surface area contributed by atoms with E-state index in [0.29, 0.717) is 12.3 Å². The first-order valence-electron chi connectivity index (χ1n) is 5.81. The van der Waals surface area contributed by atoms with Crippen LogP contribution in [0, 0.1) is 16.7 Å². The third kappa shape index (κ3) is 1.23. The van der Waals surface area contributed by atoms with Crippen molar-refractivity contribution in [3.63, 3.8) is 0 Å². The lowest BCUT2D eigenvalue weighted by atomic mass is 9.68. The van der Waals surface area contributed by atoms with Crippen LogP contribution in [0.15, 0.2) is 0 Å². The summed E-state index contributed by atoms with van der Waals surface area (Å²) in [6, 6.07) is 0. The van der Waals surface area contributed by atoms with Gasteiger partial charge in [-0.2, -0.15) is 0 Å². The van der Waals surface area contributed by atoms with Crippen LogP contribution in [0.1, 0.15) is 47.0 Å². The summed E-state index contributed by atoms with van der Waals surface area (Å²) in [5, 5.41) is 19.9. The molecule has 1 unspecified atom stereocenters. The SMILES string of the molecule is CC(O)O[C@]1(O)C[C@H]2CC[C@]1(C)C2(C)C. The molecule has 2 aliphatic rings. The summed E-state index contributed by atoms with van der Waals surface area (Å²) >= 11 is 0. The highest BCUT2D eigenvalue weighted by molar-refractivity contribution is 5.14. The molecule has 4 atom stereocenters. The Morgan fingerprint density at radius 2 is 1.93 bits per heavy atom. The predicted molar refractivity (Wildman–Crippen MR) is 56.9 cm³/mol. The highest BCUT2D eigenvalue weighted by Crippen LogP contribution is 2.69. The van der Waals surface area contributed by atoms with Crippen molar-refractivity contribution in [2.75, 3.05) is 0 Å². The van der Waals surface area contributed by atoms with Crippen LogP contribution in [-0.2, 0) is 4.74 Å². The van der Waals surface area contributed by atoms with Gasteiger partial charge in [0.15, 0.2) is 12.1 Å². The summed E-state index contributed by atoms with van der Waals surface area (Å²) in [6.45, 7) is 8.05. The quantitative estimate of drug-likeness (QED) is 0.690. The van der Waals surface area contributed by atoms with E-state index in [1.54, 1.807) is 6.92 Å². The van der Waals surface area contributed by atoms with E-state index in [2.05, 4.69) is 20.8 Å². The number of aliphatic hydroxyl groups is 2. The molecule has 2 aliphatic carbocycles. The van der Waals surface area contributed by atoms with Crippen molar-refractivity contribution in [3.05, 3.63) is 0 Å². The molecule has 0 spiro atoms. The lowest BCUT2D eigenvalue weighted by molar-refractivity contribution is -0.323. The standard InChI is InChI=1S/C12H22O3/c1-8(13)15-12(14)7-9-5-6-11(12,4)10(9,2)3/h8-9,13-14H,5-7H2,1-4H3/t8?,9-,11-,12-/m1/s1. The fraction of sp³-hybridized carbons (Fsp3) is 1.00. The van der Waals surface area contributed by atoms with Crippen LogP contribution in [0.5, 0.6) is 0 Å². The molecule has 0 saturated heterocycles. The van der Waals surface area contributed by atoms with E-state index in [0.717, 1.165) is 12.8 Å². The summed E-state index contributed by atoms with van der Waals surface area (Å²) in [6.07, 6.45) is 1.89. The summed E-state index contributed by atoms with van der Waals surface area (Å²) in [5.41, 5.74) is -0.141. The summed E-state index contributed by atoms with van der Waals surface area (Å²) < 4.78 is 5.38. The molecule has 2 rings (SSSR count). The topological polar surface area (TPSA) is 49.7 Å². The van der Waals surface area contributed by atoms with Crippen molar-refractivity contribution >= 4 is 0 Å². The summed E-state index contributed by atoms with van der Waals surface area (Å²) in [7, 11) is 0. The molecule has 0 heterocycles. The van der Waals surface area contributed by atoms with Gasteiger partial charge in [-0.1, -0.05) is 20.8 Å². The highest BCUT2D eigenvalue weighted by Gasteiger charge is 2.69. The van der Waals surface area contributed by atoms with Gasteiger partial charge in [0.05, 0.1) is 0 Å². The van der Waals surface area contributed by atoms with Crippen LogP contribution in [0.25, 0.3) is 0 Å². The van der Waals surface area contributed by atoms with Crippen molar-refractivity contribution < 1.29 is 14.9 Å². The molecule has 88 valence electrons. The van der Waals surface area contributed by atoms with Crippen molar-refractivity contribution in [1.82, 2.24) is 0 Å². The van der Waals surface area contributed by atoms with E-state index in [1.165, 1.54) is 0 Å². The van der Waals surface area contributed by atoms with E-state index >= 15 is 0 Å². The monoisotopic (exact) mass is 214 g/mol. The fourth-order valence-corrected chi connectivity index (χ4v) is 3.67. The maximum absolute atomic E-state index is 10.6. The summed E-state index contributed by atoms with van der Waals surface area (Å²) in [4.78, 5) is 0. The molecule has 0 aliphatic heterocycles. The predicted octanol–water partition coefficient (Wildman–Crippen LogP) is 1.88. The van der Waals surface area contributed by atoms with E-state index < -0.39 is 12.1 Å². The van der Waals surface area contributed by atoms with Gasteiger partial charge in [-0.3, -0.25) is 0 Å². The van der Waals surface area contributed by atoms with Gasteiger partial charge >= 0.3 is 0 Å². The number of hydrogen-bond donors (Lipinski definition) is 2. The molecule has 2 saturated carbocycles. The zero-order valence-electron chi connectivity index (χ0n) is 10.1. The second kappa shape index (κ2) is 2.96. The van der Waals surface area contributed by atoms with Gasteiger partial charge in [-0.05, 0) is 31.1 Å². The van der Waals surface area contributed by atoms with Crippen LogP contribution in [-0.4, -0.2) is 22.3 Å². The lowest BCUT2D eigenvalue weighted by Crippen LogP contribution is -2.50. The number of rotatable bonds is 2. The normalized spacial score (nSPS) is 49.6. The number of fused-ring (bicyclic) bond motifs is 2. The van der Waals surface area contributed by atoms with Crippen LogP contribution in [0.2, 0.25) is 0 Å². The van der Waals surface area contributed by atoms with E-state index in [-0.39, 0.29) is 10.8 Å². The Balaban J connectivity index is 2.32. The van der Waals surface area contributed by atoms with E-state index in [1.807, 2.05) is 0 Å². The average molecular weight is 214 g/mol. The van der Waals surface area contributed by atoms with Gasteiger partial charge in [-0.25, -0.2) is 0 Å². The van der Waals surface area contributed by atoms with E-state index in [9.17, 15) is 10.2 Å². The minimum atomic E-state index is -1.15. The minimum absolute atomic E-state index is 0.0939. The first-order valence-corrected chi connectivity index (χ1v) is 5.81. The van der Waals surface area contributed by atoms with Crippen molar-refractivity contribution in [2.45, 2.75) is 59.0 Å². The molecule has 2 bridgehead atoms. The van der Waals surface area contributed by atoms with Crippen molar-refractivity contribution in [1.29, 1.82) is 0 Å². The van der Waals surface area contributed by atoms with Crippen LogP contribution < -0.4 is 0 Å². The Labute approximate surface area is 91.4 Å². The minimum Gasteiger partial charge on any atom is -0.368 e. The second-order valence-corrected chi connectivity index (χ2v) is 6.00. The molecule has 0 amide bonds. The Bertz CT molecular complexity index is 274. The van der Waals surface area contributed by atoms with Gasteiger partial charge in [0.2, 0.25) is 0 Å². The lowest BCUT2D eigenvalue weighted by Gasteiger charge is -2.45. The highest BCUT2D eigenvalue weighted by atomic mass is 16.7. The number of aliphatic hydroxyl groups excluding tert-OH is 1. The van der Waals surface area contributed by atoms with Crippen molar-refractivity contribution in [3.8, 4) is 0 Å². The van der Waals surface area contributed by atoms with Crippen LogP contribution in [0.4, 0.5) is 0 Å². The Kier molecular flexibility index (Phi) is 2.25. The first kappa shape index (κ1) is 11.4. The molecule has 3 heteroatoms. The molecule has 0 radical (unpaired) electrons. The first-order chi connectivity index (χ1) is 6.73. The zero-order valence-corrected chi connectivity index (χ0v) is 10.1. The Hall–Kier alpha value is -0.120.